The molecule has 0 bridgehead atoms. The van der Waals surface area contributed by atoms with Crippen LogP contribution in [0, 0.1) is 20.8 Å². The number of aromatic nitrogens is 3. The first-order valence-electron chi connectivity index (χ1n) is 8.36. The molecule has 144 valence electrons. The van der Waals surface area contributed by atoms with Gasteiger partial charge in [-0.1, -0.05) is 0 Å². The topological polar surface area (TPSA) is 115 Å². The number of nitrogens with zero attached hydrogens (tertiary/aromatic N) is 4. The zero-order chi connectivity index (χ0) is 19.9. The van der Waals surface area contributed by atoms with Gasteiger partial charge in [0.2, 0.25) is 0 Å². The molecule has 1 aliphatic heterocycles. The third kappa shape index (κ3) is 3.37. The molecule has 1 amide bonds. The van der Waals surface area contributed by atoms with E-state index in [1.165, 1.54) is 9.58 Å². The lowest BCUT2D eigenvalue weighted by Crippen LogP contribution is -2.52. The molecular weight excluding hydrogens is 372 g/mol. The molecule has 1 saturated heterocycles. The summed E-state index contributed by atoms with van der Waals surface area (Å²) in [5, 5.41) is 13.9. The SMILES string of the molecule is Cc1nc(-c2c(C)c(C)nn(C)c2=O)sc1C(=O)N1CCOCC1C(=O)O. The number of aliphatic carboxylic acids is 1. The number of aryl methyl sites for hydroxylation is 3. The van der Waals surface area contributed by atoms with Crippen molar-refractivity contribution in [1.82, 2.24) is 19.7 Å². The fraction of sp³-hybridized carbons (Fsp3) is 0.471. The first-order chi connectivity index (χ1) is 12.7. The van der Waals surface area contributed by atoms with Crippen LogP contribution in [0.15, 0.2) is 4.79 Å². The van der Waals surface area contributed by atoms with Gasteiger partial charge in [-0.05, 0) is 26.3 Å². The van der Waals surface area contributed by atoms with Crippen LogP contribution < -0.4 is 5.56 Å². The van der Waals surface area contributed by atoms with Gasteiger partial charge in [-0.15, -0.1) is 11.3 Å². The molecule has 0 saturated carbocycles. The third-order valence-electron chi connectivity index (χ3n) is 4.60. The van der Waals surface area contributed by atoms with Crippen molar-refractivity contribution in [2.75, 3.05) is 19.8 Å². The van der Waals surface area contributed by atoms with E-state index in [-0.39, 0.29) is 25.3 Å². The Kier molecular flexibility index (Phi) is 5.11. The lowest BCUT2D eigenvalue weighted by Gasteiger charge is -2.32. The van der Waals surface area contributed by atoms with Crippen LogP contribution in [0.4, 0.5) is 0 Å². The molecule has 0 spiro atoms. The van der Waals surface area contributed by atoms with Gasteiger partial charge in [-0.2, -0.15) is 5.10 Å². The summed E-state index contributed by atoms with van der Waals surface area (Å²) in [6.07, 6.45) is 0. The van der Waals surface area contributed by atoms with Gasteiger partial charge >= 0.3 is 5.97 Å². The van der Waals surface area contributed by atoms with Crippen LogP contribution in [-0.2, 0) is 16.6 Å². The molecule has 1 fully saturated rings. The highest BCUT2D eigenvalue weighted by Crippen LogP contribution is 2.30. The van der Waals surface area contributed by atoms with Crippen molar-refractivity contribution < 1.29 is 19.4 Å². The van der Waals surface area contributed by atoms with E-state index in [2.05, 4.69) is 10.1 Å². The summed E-state index contributed by atoms with van der Waals surface area (Å²) >= 11 is 1.10. The summed E-state index contributed by atoms with van der Waals surface area (Å²) in [7, 11) is 1.57. The van der Waals surface area contributed by atoms with Gasteiger partial charge in [0.05, 0.1) is 30.2 Å². The number of carboxylic acid groups (broad SMARTS) is 1. The minimum absolute atomic E-state index is 0.0466. The Bertz CT molecular complexity index is 980. The number of hydrogen-bond acceptors (Lipinski definition) is 7. The predicted molar refractivity (Wildman–Crippen MR) is 98.1 cm³/mol. The van der Waals surface area contributed by atoms with Crippen LogP contribution in [0.25, 0.3) is 10.6 Å². The van der Waals surface area contributed by atoms with E-state index in [0.717, 1.165) is 11.3 Å². The molecule has 10 heteroatoms. The Balaban J connectivity index is 2.04. The maximum absolute atomic E-state index is 13.0. The van der Waals surface area contributed by atoms with Crippen LogP contribution in [0.1, 0.15) is 26.6 Å². The Hall–Kier alpha value is -2.59. The first kappa shape index (κ1) is 19.2. The summed E-state index contributed by atoms with van der Waals surface area (Å²) < 4.78 is 6.43. The van der Waals surface area contributed by atoms with Gasteiger partial charge in [-0.25, -0.2) is 14.5 Å². The molecule has 2 aromatic rings. The number of hydrogen-bond donors (Lipinski definition) is 1. The Labute approximate surface area is 159 Å². The van der Waals surface area contributed by atoms with E-state index in [1.807, 2.05) is 0 Å². The molecule has 0 aliphatic carbocycles. The number of carbonyl (C=O) groups is 2. The number of carbonyl (C=O) groups excluding carboxylic acids is 1. The summed E-state index contributed by atoms with van der Waals surface area (Å²) in [5.74, 6) is -1.52. The van der Waals surface area contributed by atoms with Crippen molar-refractivity contribution >= 4 is 23.2 Å². The number of rotatable bonds is 3. The molecule has 3 rings (SSSR count). The van der Waals surface area contributed by atoms with E-state index in [9.17, 15) is 19.5 Å². The lowest BCUT2D eigenvalue weighted by molar-refractivity contribution is -0.147. The molecule has 1 atom stereocenters. The van der Waals surface area contributed by atoms with Gasteiger partial charge in [0, 0.05) is 13.6 Å². The van der Waals surface area contributed by atoms with Crippen LogP contribution in [-0.4, -0.2) is 62.4 Å². The average Bonchev–Trinajstić information content (AvgIpc) is 3.01. The first-order valence-corrected chi connectivity index (χ1v) is 9.17. The van der Waals surface area contributed by atoms with E-state index in [1.54, 1.807) is 27.8 Å². The second kappa shape index (κ2) is 7.20. The summed E-state index contributed by atoms with van der Waals surface area (Å²) in [6, 6.07) is -1.03. The minimum Gasteiger partial charge on any atom is -0.480 e. The van der Waals surface area contributed by atoms with Crippen molar-refractivity contribution in [3.63, 3.8) is 0 Å². The average molecular weight is 392 g/mol. The fourth-order valence-electron chi connectivity index (χ4n) is 2.98. The van der Waals surface area contributed by atoms with Gasteiger partial charge < -0.3 is 14.7 Å². The number of morpholine rings is 1. The molecule has 0 radical (unpaired) electrons. The molecule has 1 unspecified atom stereocenters. The monoisotopic (exact) mass is 392 g/mol. The normalized spacial score (nSPS) is 17.2. The van der Waals surface area contributed by atoms with E-state index >= 15 is 0 Å². The van der Waals surface area contributed by atoms with Crippen LogP contribution in [0.2, 0.25) is 0 Å². The van der Waals surface area contributed by atoms with Crippen molar-refractivity contribution in [2.24, 2.45) is 7.05 Å². The van der Waals surface area contributed by atoms with E-state index in [0.29, 0.717) is 32.4 Å². The molecule has 27 heavy (non-hydrogen) atoms. The molecule has 2 aromatic heterocycles. The van der Waals surface area contributed by atoms with Gasteiger partial charge in [-0.3, -0.25) is 9.59 Å². The highest BCUT2D eigenvalue weighted by molar-refractivity contribution is 7.17. The van der Waals surface area contributed by atoms with Crippen molar-refractivity contribution in [3.05, 3.63) is 32.2 Å². The Morgan fingerprint density at radius 2 is 1.96 bits per heavy atom. The smallest absolute Gasteiger partial charge is 0.328 e. The molecule has 0 aromatic carbocycles. The van der Waals surface area contributed by atoms with Crippen molar-refractivity contribution in [3.8, 4) is 10.6 Å². The molecule has 1 N–H and O–H groups in total. The quantitative estimate of drug-likeness (QED) is 0.820. The largest absolute Gasteiger partial charge is 0.480 e. The fourth-order valence-corrected chi connectivity index (χ4v) is 4.10. The summed E-state index contributed by atoms with van der Waals surface area (Å²) in [4.78, 5) is 43.0. The van der Waals surface area contributed by atoms with E-state index in [4.69, 9.17) is 4.74 Å². The van der Waals surface area contributed by atoms with E-state index < -0.39 is 17.9 Å². The second-order valence-corrected chi connectivity index (χ2v) is 7.37. The van der Waals surface area contributed by atoms with Gasteiger partial charge in [0.1, 0.15) is 9.88 Å². The maximum Gasteiger partial charge on any atom is 0.328 e. The van der Waals surface area contributed by atoms with Crippen molar-refractivity contribution in [1.29, 1.82) is 0 Å². The van der Waals surface area contributed by atoms with Crippen LogP contribution in [0.3, 0.4) is 0 Å². The number of thiazole rings is 1. The summed E-state index contributed by atoms with van der Waals surface area (Å²) in [5.41, 5.74) is 1.99. The highest BCUT2D eigenvalue weighted by Gasteiger charge is 2.35. The van der Waals surface area contributed by atoms with Crippen LogP contribution >= 0.6 is 11.3 Å². The van der Waals surface area contributed by atoms with Gasteiger partial charge in [0.15, 0.2) is 6.04 Å². The molecule has 9 nitrogen and oxygen atoms in total. The Morgan fingerprint density at radius 3 is 2.63 bits per heavy atom. The summed E-state index contributed by atoms with van der Waals surface area (Å²) in [6.45, 7) is 5.70. The number of amides is 1. The standard InChI is InChI=1S/C17H20N4O5S/c1-8-9(2)19-20(4)15(22)12(8)14-18-10(3)13(27-14)16(23)21-5-6-26-7-11(21)17(24)25/h11H,5-7H2,1-4H3,(H,24,25). The van der Waals surface area contributed by atoms with Crippen LogP contribution in [0.5, 0.6) is 0 Å². The number of carboxylic acids is 1. The second-order valence-electron chi connectivity index (χ2n) is 6.38. The molecular formula is C17H20N4O5S. The molecule has 1 aliphatic rings. The Morgan fingerprint density at radius 1 is 1.26 bits per heavy atom. The highest BCUT2D eigenvalue weighted by atomic mass is 32.1. The molecule has 3 heterocycles. The third-order valence-corrected chi connectivity index (χ3v) is 5.77. The lowest BCUT2D eigenvalue weighted by atomic mass is 10.1. The predicted octanol–water partition coefficient (Wildman–Crippen LogP) is 0.755. The minimum atomic E-state index is -1.11. The van der Waals surface area contributed by atoms with Gasteiger partial charge in [0.25, 0.3) is 11.5 Å². The number of ether oxygens (including phenoxy) is 1. The zero-order valence-electron chi connectivity index (χ0n) is 15.5. The maximum atomic E-state index is 13.0. The van der Waals surface area contributed by atoms with Crippen molar-refractivity contribution in [2.45, 2.75) is 26.8 Å². The zero-order valence-corrected chi connectivity index (χ0v) is 16.3.